The van der Waals surface area contributed by atoms with Gasteiger partial charge in [-0.2, -0.15) is 0 Å². The van der Waals surface area contributed by atoms with Crippen molar-refractivity contribution >= 4 is 29.7 Å². The normalized spacial score (nSPS) is 28.4. The van der Waals surface area contributed by atoms with Crippen molar-refractivity contribution < 1.29 is 57.8 Å². The minimum absolute atomic E-state index is 0.0286. The van der Waals surface area contributed by atoms with E-state index in [1.807, 2.05) is 31.9 Å². The number of piperazine rings is 1. The Balaban J connectivity index is 1.30. The number of fused-ring (bicyclic) bond motifs is 9. The second kappa shape index (κ2) is 13.7. The van der Waals surface area contributed by atoms with E-state index in [1.54, 1.807) is 12.1 Å². The predicted octanol–water partition coefficient (Wildman–Crippen LogP) is 3.63. The van der Waals surface area contributed by atoms with Crippen molar-refractivity contribution in [1.82, 2.24) is 15.1 Å². The number of aliphatic hydroxyl groups excluding tert-OH is 1. The van der Waals surface area contributed by atoms with Crippen molar-refractivity contribution in [3.63, 3.8) is 0 Å². The Labute approximate surface area is 333 Å². The molecule has 0 aliphatic carbocycles. The number of phenols is 1. The Bertz CT molecular complexity index is 2250. The highest BCUT2D eigenvalue weighted by atomic mass is 32.2. The average molecular weight is 804 g/mol. The summed E-state index contributed by atoms with van der Waals surface area (Å²) in [6.07, 6.45) is -0.0837. The molecule has 7 heterocycles. The number of carbonyl (C=O) groups is 3. The summed E-state index contributed by atoms with van der Waals surface area (Å²) in [7, 11) is 4.95. The van der Waals surface area contributed by atoms with Crippen LogP contribution in [0.25, 0.3) is 0 Å². The fourth-order valence-corrected chi connectivity index (χ4v) is 11.9. The number of hydrogen-bond acceptors (Lipinski definition) is 16. The Hall–Kier alpha value is -4.74. The number of thioether (sulfide) groups is 1. The van der Waals surface area contributed by atoms with Crippen molar-refractivity contribution in [2.75, 3.05) is 47.0 Å². The summed E-state index contributed by atoms with van der Waals surface area (Å²) < 4.78 is 41.7. The molecule has 7 aliphatic rings. The lowest BCUT2D eigenvalue weighted by molar-refractivity contribution is -0.186. The highest BCUT2D eigenvalue weighted by Crippen LogP contribution is 2.64. The van der Waals surface area contributed by atoms with E-state index in [1.165, 1.54) is 39.8 Å². The summed E-state index contributed by atoms with van der Waals surface area (Å²) in [5.74, 6) is 0.657. The minimum Gasteiger partial charge on any atom is -0.504 e. The Morgan fingerprint density at radius 2 is 1.70 bits per heavy atom. The Kier molecular flexibility index (Phi) is 9.08. The number of rotatable bonds is 4. The monoisotopic (exact) mass is 803 g/mol. The second-order valence-electron chi connectivity index (χ2n) is 15.5. The molecular formula is C41H45N3O12S. The molecule has 10 rings (SSSR count). The smallest absolute Gasteiger partial charge is 0.331 e. The first-order valence-corrected chi connectivity index (χ1v) is 20.0. The fraction of sp³-hybridized carbons (Fsp3) is 0.488. The van der Waals surface area contributed by atoms with E-state index in [9.17, 15) is 24.6 Å². The molecular weight excluding hydrogens is 759 g/mol. The third-order valence-corrected chi connectivity index (χ3v) is 14.0. The molecule has 15 nitrogen and oxygen atoms in total. The number of aliphatic hydroxyl groups is 1. The zero-order chi connectivity index (χ0) is 40.2. The van der Waals surface area contributed by atoms with Gasteiger partial charge in [0.1, 0.15) is 18.6 Å². The summed E-state index contributed by atoms with van der Waals surface area (Å²) in [5.41, 5.74) is 4.23. The van der Waals surface area contributed by atoms with Crippen LogP contribution in [0.1, 0.15) is 75.7 Å². The molecule has 3 aromatic rings. The third-order valence-electron chi connectivity index (χ3n) is 12.5. The van der Waals surface area contributed by atoms with Gasteiger partial charge in [-0.15, -0.1) is 11.8 Å². The lowest BCUT2D eigenvalue weighted by atomic mass is 9.73. The van der Waals surface area contributed by atoms with Crippen LogP contribution in [0.4, 0.5) is 0 Å². The summed E-state index contributed by atoms with van der Waals surface area (Å²) in [6, 6.07) is 3.18. The number of nitrogens with zero attached hydrogens (tertiary/aromatic N) is 2. The molecule has 1 spiro atoms. The summed E-state index contributed by atoms with van der Waals surface area (Å²) in [4.78, 5) is 43.9. The standard InChI is InChI=1S/C41H45N3O12S/c1-17-10-22-11-24-39(48)44-25-14-52-40(49)41(23-13-26(50-6)27(55-19(3)45)12-21(23)8-9-42-41)15-57-38(32(44)31(43(24)5)28(22)33(47)34(17)51-7)30-29(25)37-36(53-16-54-37)18(2)35(30)56-20(4)46/h10,12-13,24-25,31-32,38-39,42,47-48H,8-9,11,14-16H2,1-7H3/t24-,25+,31+,32?,38+,39-,41+/m0/s1. The van der Waals surface area contributed by atoms with Gasteiger partial charge in [0, 0.05) is 54.4 Å². The molecule has 0 aromatic heterocycles. The van der Waals surface area contributed by atoms with Crippen LogP contribution in [0.15, 0.2) is 18.2 Å². The van der Waals surface area contributed by atoms with Crippen LogP contribution >= 0.6 is 11.8 Å². The number of carbonyl (C=O) groups excluding carboxylic acids is 3. The van der Waals surface area contributed by atoms with Gasteiger partial charge in [0.05, 0.1) is 37.6 Å². The maximum Gasteiger partial charge on any atom is 0.331 e. The van der Waals surface area contributed by atoms with Crippen molar-refractivity contribution in [3.05, 3.63) is 62.7 Å². The van der Waals surface area contributed by atoms with E-state index in [2.05, 4.69) is 10.2 Å². The van der Waals surface area contributed by atoms with E-state index in [0.717, 1.165) is 16.7 Å². The zero-order valence-corrected chi connectivity index (χ0v) is 33.5. The molecule has 3 N–H and O–H groups in total. The number of phenolic OH excluding ortho intramolecular Hbond substituents is 1. The number of esters is 3. The molecule has 3 aromatic carbocycles. The van der Waals surface area contributed by atoms with Crippen LogP contribution in [-0.2, 0) is 37.5 Å². The number of ether oxygens (including phenoxy) is 7. The molecule has 2 saturated heterocycles. The number of likely N-dealkylation sites (N-methyl/N-ethyl adjacent to an activating group) is 1. The molecule has 7 aliphatic heterocycles. The molecule has 1 unspecified atom stereocenters. The van der Waals surface area contributed by atoms with E-state index in [-0.39, 0.29) is 36.4 Å². The lowest BCUT2D eigenvalue weighted by Gasteiger charge is -2.62. The molecule has 7 atom stereocenters. The van der Waals surface area contributed by atoms with Crippen LogP contribution < -0.4 is 33.7 Å². The van der Waals surface area contributed by atoms with Gasteiger partial charge in [0.2, 0.25) is 6.79 Å². The van der Waals surface area contributed by atoms with E-state index in [4.69, 9.17) is 33.2 Å². The SMILES string of the molecule is COc1cc2c(cc1OC(C)=O)CCN[C@]21CS[C@@H]2c3c(OC(C)=O)c(C)c4c(c3[C@@H](COC1=O)N1C2[C@H]2c3c(cc(C)c(OC)c3O)C[C@@H]([C@@H]1O)N2C)OCO4. The number of hydrogen-bond donors (Lipinski definition) is 3. The topological polar surface area (TPSA) is 175 Å². The number of aromatic hydroxyl groups is 1. The highest BCUT2D eigenvalue weighted by molar-refractivity contribution is 7.99. The van der Waals surface area contributed by atoms with E-state index < -0.39 is 59.1 Å². The first-order valence-electron chi connectivity index (χ1n) is 19.0. The molecule has 16 heteroatoms. The summed E-state index contributed by atoms with van der Waals surface area (Å²) in [5, 5.41) is 27.5. The van der Waals surface area contributed by atoms with Gasteiger partial charge in [-0.25, -0.2) is 4.79 Å². The average Bonchev–Trinajstić information content (AvgIpc) is 3.66. The van der Waals surface area contributed by atoms with Gasteiger partial charge in [-0.1, -0.05) is 6.07 Å². The zero-order valence-electron chi connectivity index (χ0n) is 32.7. The van der Waals surface area contributed by atoms with Gasteiger partial charge in [-0.05, 0) is 68.1 Å². The van der Waals surface area contributed by atoms with Gasteiger partial charge in [0.25, 0.3) is 0 Å². The molecule has 0 amide bonds. The fourth-order valence-electron chi connectivity index (χ4n) is 10.2. The molecule has 0 saturated carbocycles. The molecule has 57 heavy (non-hydrogen) atoms. The van der Waals surface area contributed by atoms with Crippen LogP contribution in [0.5, 0.6) is 40.2 Å². The minimum atomic E-state index is -1.40. The van der Waals surface area contributed by atoms with Crippen molar-refractivity contribution in [3.8, 4) is 40.2 Å². The lowest BCUT2D eigenvalue weighted by Crippen LogP contribution is -2.70. The van der Waals surface area contributed by atoms with E-state index in [0.29, 0.717) is 70.2 Å². The van der Waals surface area contributed by atoms with Crippen molar-refractivity contribution in [2.24, 2.45) is 0 Å². The molecule has 0 radical (unpaired) electrons. The van der Waals surface area contributed by atoms with E-state index >= 15 is 0 Å². The van der Waals surface area contributed by atoms with Crippen LogP contribution in [-0.4, -0.2) is 103 Å². The number of aryl methyl sites for hydroxylation is 1. The quantitative estimate of drug-likeness (QED) is 0.258. The van der Waals surface area contributed by atoms with Crippen molar-refractivity contribution in [1.29, 1.82) is 0 Å². The molecule has 2 fully saturated rings. The molecule has 4 bridgehead atoms. The summed E-state index contributed by atoms with van der Waals surface area (Å²) >= 11 is 1.46. The van der Waals surface area contributed by atoms with Gasteiger partial charge in [0.15, 0.2) is 40.0 Å². The number of benzene rings is 3. The number of methoxy groups -OCH3 is 2. The second-order valence-corrected chi connectivity index (χ2v) is 16.6. The summed E-state index contributed by atoms with van der Waals surface area (Å²) in [6.45, 7) is 6.50. The Morgan fingerprint density at radius 1 is 0.947 bits per heavy atom. The van der Waals surface area contributed by atoms with Crippen LogP contribution in [0, 0.1) is 13.8 Å². The number of nitrogens with one attached hydrogen (secondary N) is 1. The van der Waals surface area contributed by atoms with Crippen LogP contribution in [0.3, 0.4) is 0 Å². The van der Waals surface area contributed by atoms with Gasteiger partial charge < -0.3 is 43.4 Å². The highest BCUT2D eigenvalue weighted by Gasteiger charge is 2.61. The van der Waals surface area contributed by atoms with Crippen molar-refractivity contribution in [2.45, 2.75) is 81.7 Å². The van der Waals surface area contributed by atoms with Gasteiger partial charge in [-0.3, -0.25) is 24.7 Å². The predicted molar refractivity (Wildman–Crippen MR) is 204 cm³/mol. The van der Waals surface area contributed by atoms with Gasteiger partial charge >= 0.3 is 17.9 Å². The molecule has 302 valence electrons. The van der Waals surface area contributed by atoms with Crippen LogP contribution in [0.2, 0.25) is 0 Å². The first-order chi connectivity index (χ1) is 27.3. The first kappa shape index (κ1) is 37.8. The maximum atomic E-state index is 14.8. The largest absolute Gasteiger partial charge is 0.504 e. The third kappa shape index (κ3) is 5.44. The maximum absolute atomic E-state index is 14.8. The Morgan fingerprint density at radius 3 is 2.42 bits per heavy atom.